The highest BCUT2D eigenvalue weighted by Crippen LogP contribution is 2.24. The first-order chi connectivity index (χ1) is 9.37. The second kappa shape index (κ2) is 5.82. The second-order valence-electron chi connectivity index (χ2n) is 4.91. The predicted molar refractivity (Wildman–Crippen MR) is 70.5 cm³/mol. The van der Waals surface area contributed by atoms with Crippen molar-refractivity contribution in [1.29, 1.82) is 0 Å². The Morgan fingerprint density at radius 1 is 1.45 bits per heavy atom. The summed E-state index contributed by atoms with van der Waals surface area (Å²) < 4.78 is 36.7. The summed E-state index contributed by atoms with van der Waals surface area (Å²) in [5, 5.41) is 3.17. The van der Waals surface area contributed by atoms with Crippen molar-refractivity contribution in [1.82, 2.24) is 15.3 Å². The summed E-state index contributed by atoms with van der Waals surface area (Å²) >= 11 is 0. The van der Waals surface area contributed by atoms with E-state index in [2.05, 4.69) is 15.3 Å². The van der Waals surface area contributed by atoms with Gasteiger partial charge in [0.1, 0.15) is 5.82 Å². The van der Waals surface area contributed by atoms with Crippen LogP contribution in [0.15, 0.2) is 6.07 Å². The van der Waals surface area contributed by atoms with Crippen LogP contribution in [-0.2, 0) is 6.42 Å². The number of hydrogen-bond acceptors (Lipinski definition) is 5. The molecule has 0 radical (unpaired) electrons. The van der Waals surface area contributed by atoms with E-state index in [1.165, 1.54) is 0 Å². The molecule has 1 fully saturated rings. The van der Waals surface area contributed by atoms with Gasteiger partial charge in [-0.1, -0.05) is 0 Å². The molecular formula is C12H18F3N5. The molecule has 2 rings (SSSR count). The minimum atomic E-state index is -4.19. The summed E-state index contributed by atoms with van der Waals surface area (Å²) in [5.74, 6) is 0.625. The number of nitrogens with zero attached hydrogens (tertiary/aromatic N) is 3. The molecule has 0 spiro atoms. The van der Waals surface area contributed by atoms with Crippen LogP contribution in [0.4, 0.5) is 24.9 Å². The fourth-order valence-corrected chi connectivity index (χ4v) is 2.27. The summed E-state index contributed by atoms with van der Waals surface area (Å²) in [4.78, 5) is 9.99. The van der Waals surface area contributed by atoms with Crippen LogP contribution < -0.4 is 16.0 Å². The normalized spacial score (nSPS) is 19.6. The van der Waals surface area contributed by atoms with Gasteiger partial charge >= 0.3 is 6.18 Å². The van der Waals surface area contributed by atoms with Gasteiger partial charge in [0.25, 0.3) is 0 Å². The van der Waals surface area contributed by atoms with Crippen molar-refractivity contribution in [2.45, 2.75) is 31.5 Å². The molecule has 1 saturated heterocycles. The zero-order valence-electron chi connectivity index (χ0n) is 11.2. The number of aryl methyl sites for hydroxylation is 1. The van der Waals surface area contributed by atoms with Crippen molar-refractivity contribution in [2.24, 2.45) is 0 Å². The molecule has 0 unspecified atom stereocenters. The molecule has 0 aromatic carbocycles. The molecule has 1 aromatic rings. The van der Waals surface area contributed by atoms with Gasteiger partial charge in [0.05, 0.1) is 0 Å². The number of alkyl halides is 3. The minimum Gasteiger partial charge on any atom is -0.368 e. The second-order valence-corrected chi connectivity index (χ2v) is 4.91. The van der Waals surface area contributed by atoms with Gasteiger partial charge in [0, 0.05) is 37.3 Å². The Kier molecular flexibility index (Phi) is 4.32. The number of aromatic nitrogens is 2. The predicted octanol–water partition coefficient (Wildman–Crippen LogP) is 1.35. The molecule has 0 amide bonds. The summed E-state index contributed by atoms with van der Waals surface area (Å²) in [6.07, 6.45) is -4.29. The van der Waals surface area contributed by atoms with Crippen molar-refractivity contribution in [3.63, 3.8) is 0 Å². The van der Waals surface area contributed by atoms with Crippen LogP contribution in [0.5, 0.6) is 0 Å². The van der Waals surface area contributed by atoms with Gasteiger partial charge in [-0.25, -0.2) is 4.98 Å². The van der Waals surface area contributed by atoms with Crippen molar-refractivity contribution in [3.05, 3.63) is 11.8 Å². The maximum atomic E-state index is 12.2. The van der Waals surface area contributed by atoms with Crippen LogP contribution in [-0.4, -0.2) is 42.3 Å². The van der Waals surface area contributed by atoms with E-state index < -0.39 is 12.6 Å². The SMILES string of the molecule is CN[C@@H]1CCN(c2cc(CCC(F)(F)F)nc(N)n2)C1. The first-order valence-electron chi connectivity index (χ1n) is 6.50. The average Bonchev–Trinajstić information content (AvgIpc) is 2.84. The summed E-state index contributed by atoms with van der Waals surface area (Å²) in [6.45, 7) is 1.58. The van der Waals surface area contributed by atoms with Crippen LogP contribution >= 0.6 is 0 Å². The van der Waals surface area contributed by atoms with Gasteiger partial charge < -0.3 is 16.0 Å². The number of nitrogen functional groups attached to an aromatic ring is 1. The molecule has 20 heavy (non-hydrogen) atoms. The van der Waals surface area contributed by atoms with Crippen LogP contribution in [0.2, 0.25) is 0 Å². The summed E-state index contributed by atoms with van der Waals surface area (Å²) in [7, 11) is 1.89. The fraction of sp³-hybridized carbons (Fsp3) is 0.667. The smallest absolute Gasteiger partial charge is 0.368 e. The van der Waals surface area contributed by atoms with E-state index in [1.807, 2.05) is 11.9 Å². The maximum absolute atomic E-state index is 12.2. The van der Waals surface area contributed by atoms with Gasteiger partial charge in [-0.3, -0.25) is 0 Å². The first-order valence-corrected chi connectivity index (χ1v) is 6.50. The van der Waals surface area contributed by atoms with Crippen LogP contribution in [0.25, 0.3) is 0 Å². The van der Waals surface area contributed by atoms with E-state index in [0.717, 1.165) is 19.5 Å². The quantitative estimate of drug-likeness (QED) is 0.876. The highest BCUT2D eigenvalue weighted by Gasteiger charge is 2.27. The third-order valence-electron chi connectivity index (χ3n) is 3.37. The number of nitrogens with two attached hydrogens (primary N) is 1. The number of nitrogens with one attached hydrogen (secondary N) is 1. The standard InChI is InChI=1S/C12H18F3N5/c1-17-9-3-5-20(7-9)10-6-8(18-11(16)19-10)2-4-12(13,14)15/h6,9,17H,2-5,7H2,1H3,(H2,16,18,19)/t9-/m1/s1. The Balaban J connectivity index is 2.09. The maximum Gasteiger partial charge on any atom is 0.389 e. The lowest BCUT2D eigenvalue weighted by Crippen LogP contribution is -2.30. The Morgan fingerprint density at radius 3 is 2.80 bits per heavy atom. The minimum absolute atomic E-state index is 0.0209. The van der Waals surface area contributed by atoms with E-state index in [9.17, 15) is 13.2 Å². The molecule has 112 valence electrons. The van der Waals surface area contributed by atoms with Gasteiger partial charge in [-0.2, -0.15) is 18.2 Å². The number of anilines is 2. The Morgan fingerprint density at radius 2 is 2.20 bits per heavy atom. The van der Waals surface area contributed by atoms with Crippen molar-refractivity contribution in [2.75, 3.05) is 30.8 Å². The van der Waals surface area contributed by atoms with E-state index in [4.69, 9.17) is 5.73 Å². The van der Waals surface area contributed by atoms with Gasteiger partial charge in [-0.15, -0.1) is 0 Å². The lowest BCUT2D eigenvalue weighted by atomic mass is 10.2. The number of hydrogen-bond donors (Lipinski definition) is 2. The average molecular weight is 289 g/mol. The van der Waals surface area contributed by atoms with E-state index in [1.54, 1.807) is 6.07 Å². The van der Waals surface area contributed by atoms with Crippen LogP contribution in [0, 0.1) is 0 Å². The Hall–Kier alpha value is -1.57. The van der Waals surface area contributed by atoms with Crippen LogP contribution in [0.1, 0.15) is 18.5 Å². The third-order valence-corrected chi connectivity index (χ3v) is 3.37. The van der Waals surface area contributed by atoms with Crippen molar-refractivity contribution < 1.29 is 13.2 Å². The highest BCUT2D eigenvalue weighted by atomic mass is 19.4. The highest BCUT2D eigenvalue weighted by molar-refractivity contribution is 5.44. The lowest BCUT2D eigenvalue weighted by molar-refractivity contribution is -0.134. The molecule has 0 aliphatic carbocycles. The molecule has 0 saturated carbocycles. The Bertz CT molecular complexity index is 463. The van der Waals surface area contributed by atoms with Crippen LogP contribution in [0.3, 0.4) is 0 Å². The molecule has 1 atom stereocenters. The van der Waals surface area contributed by atoms with E-state index in [-0.39, 0.29) is 12.4 Å². The van der Waals surface area contributed by atoms with Gasteiger partial charge in [0.2, 0.25) is 5.95 Å². The summed E-state index contributed by atoms with van der Waals surface area (Å²) in [6, 6.07) is 1.96. The van der Waals surface area contributed by atoms with Gasteiger partial charge in [0.15, 0.2) is 0 Å². The topological polar surface area (TPSA) is 67.1 Å². The fourth-order valence-electron chi connectivity index (χ4n) is 2.27. The molecular weight excluding hydrogens is 271 g/mol. The van der Waals surface area contributed by atoms with E-state index >= 15 is 0 Å². The van der Waals surface area contributed by atoms with Gasteiger partial charge in [-0.05, 0) is 19.9 Å². The number of rotatable bonds is 4. The molecule has 1 aromatic heterocycles. The molecule has 1 aliphatic rings. The van der Waals surface area contributed by atoms with Crippen molar-refractivity contribution >= 4 is 11.8 Å². The molecule has 8 heteroatoms. The molecule has 2 heterocycles. The number of likely N-dealkylation sites (N-methyl/N-ethyl adjacent to an activating group) is 1. The molecule has 3 N–H and O–H groups in total. The monoisotopic (exact) mass is 289 g/mol. The summed E-state index contributed by atoms with van der Waals surface area (Å²) in [5.41, 5.74) is 5.92. The first kappa shape index (κ1) is 14.8. The largest absolute Gasteiger partial charge is 0.389 e. The Labute approximate surface area is 115 Å². The zero-order valence-corrected chi connectivity index (χ0v) is 11.2. The molecule has 1 aliphatic heterocycles. The third kappa shape index (κ3) is 3.96. The molecule has 5 nitrogen and oxygen atoms in total. The number of halogens is 3. The van der Waals surface area contributed by atoms with Crippen molar-refractivity contribution in [3.8, 4) is 0 Å². The van der Waals surface area contributed by atoms with E-state index in [0.29, 0.717) is 17.6 Å². The lowest BCUT2D eigenvalue weighted by Gasteiger charge is -2.18. The zero-order chi connectivity index (χ0) is 14.8. The molecule has 0 bridgehead atoms.